The molecule has 4 rings (SSSR count). The number of aliphatic carboxylic acids is 2. The second kappa shape index (κ2) is 13.6. The van der Waals surface area contributed by atoms with Crippen molar-refractivity contribution in [1.82, 2.24) is 19.4 Å². The Kier molecular flexibility index (Phi) is 11.3. The highest BCUT2D eigenvalue weighted by Gasteiger charge is 2.41. The molecule has 2 fully saturated rings. The van der Waals surface area contributed by atoms with Crippen molar-refractivity contribution >= 4 is 23.3 Å². The van der Waals surface area contributed by atoms with Crippen molar-refractivity contribution in [2.45, 2.75) is 38.8 Å². The van der Waals surface area contributed by atoms with E-state index in [0.717, 1.165) is 58.3 Å². The highest BCUT2D eigenvalue weighted by atomic mass is 32.1. The summed E-state index contributed by atoms with van der Waals surface area (Å²) in [5.41, 5.74) is 0.272. The van der Waals surface area contributed by atoms with Crippen LogP contribution in [0.4, 0.5) is 26.3 Å². The molecule has 0 bridgehead atoms. The van der Waals surface area contributed by atoms with Gasteiger partial charge in [-0.2, -0.15) is 26.3 Å². The third kappa shape index (κ3) is 10.8. The molecule has 39 heavy (non-hydrogen) atoms. The maximum absolute atomic E-state index is 10.6. The number of carbonyl (C=O) groups is 2. The van der Waals surface area contributed by atoms with Gasteiger partial charge in [0.1, 0.15) is 5.82 Å². The summed E-state index contributed by atoms with van der Waals surface area (Å²) in [6, 6.07) is 4.51. The van der Waals surface area contributed by atoms with Gasteiger partial charge in [-0.05, 0) is 32.0 Å². The van der Waals surface area contributed by atoms with Gasteiger partial charge in [0.25, 0.3) is 0 Å². The number of carboxylic acids is 2. The molecule has 1 spiro atoms. The molecule has 16 heteroatoms. The quantitative estimate of drug-likeness (QED) is 0.520. The first-order valence-corrected chi connectivity index (χ1v) is 12.5. The van der Waals surface area contributed by atoms with E-state index in [1.807, 2.05) is 23.7 Å². The van der Waals surface area contributed by atoms with Crippen molar-refractivity contribution in [3.63, 3.8) is 0 Å². The van der Waals surface area contributed by atoms with Gasteiger partial charge in [0.15, 0.2) is 0 Å². The van der Waals surface area contributed by atoms with Gasteiger partial charge in [0.05, 0.1) is 19.8 Å². The molecule has 2 aliphatic heterocycles. The molecule has 2 aromatic heterocycles. The monoisotopic (exact) mass is 588 g/mol. The van der Waals surface area contributed by atoms with Crippen molar-refractivity contribution < 1.29 is 50.9 Å². The van der Waals surface area contributed by atoms with Crippen LogP contribution in [-0.4, -0.2) is 93.2 Å². The lowest BCUT2D eigenvalue weighted by Crippen LogP contribution is -2.40. The van der Waals surface area contributed by atoms with Crippen LogP contribution >= 0.6 is 11.3 Å². The number of halogens is 6. The van der Waals surface area contributed by atoms with E-state index in [4.69, 9.17) is 24.5 Å². The summed E-state index contributed by atoms with van der Waals surface area (Å²) in [6.07, 6.45) is -5.03. The van der Waals surface area contributed by atoms with Crippen molar-refractivity contribution in [3.05, 3.63) is 40.1 Å². The molecule has 9 nitrogen and oxygen atoms in total. The molecule has 4 heterocycles. The summed E-state index contributed by atoms with van der Waals surface area (Å²) in [5.74, 6) is -4.36. The number of rotatable bonds is 4. The molecule has 0 saturated carbocycles. The molecule has 2 aromatic rings. The predicted octanol–water partition coefficient (Wildman–Crippen LogP) is 3.78. The SMILES string of the molecule is Cc1ccc(CN2CCOCC3(CCN(Cc4nccn4C)C3)C2)s1.O=C(O)C(F)(F)F.O=C(O)C(F)(F)F. The van der Waals surface area contributed by atoms with Crippen LogP contribution < -0.4 is 0 Å². The van der Waals surface area contributed by atoms with Crippen molar-refractivity contribution in [2.75, 3.05) is 39.4 Å². The first kappa shape index (κ1) is 32.5. The number of likely N-dealkylation sites (tertiary alicyclic amines) is 1. The number of thiophene rings is 1. The molecule has 2 aliphatic rings. The zero-order valence-corrected chi connectivity index (χ0v) is 22.1. The minimum Gasteiger partial charge on any atom is -0.475 e. The number of ether oxygens (including phenoxy) is 1. The first-order valence-electron chi connectivity index (χ1n) is 11.6. The third-order valence-corrected chi connectivity index (χ3v) is 6.97. The highest BCUT2D eigenvalue weighted by Crippen LogP contribution is 2.35. The molecule has 2 N–H and O–H groups in total. The van der Waals surface area contributed by atoms with E-state index in [1.54, 1.807) is 0 Å². The lowest BCUT2D eigenvalue weighted by molar-refractivity contribution is -0.193. The van der Waals surface area contributed by atoms with Crippen LogP contribution in [0.1, 0.15) is 22.0 Å². The zero-order chi connectivity index (χ0) is 29.4. The van der Waals surface area contributed by atoms with Gasteiger partial charge in [-0.25, -0.2) is 14.6 Å². The number of imidazole rings is 1. The summed E-state index contributed by atoms with van der Waals surface area (Å²) in [7, 11) is 2.08. The average molecular weight is 589 g/mol. The largest absolute Gasteiger partial charge is 0.490 e. The van der Waals surface area contributed by atoms with Gasteiger partial charge >= 0.3 is 24.3 Å². The Balaban J connectivity index is 0.000000317. The van der Waals surface area contributed by atoms with Crippen LogP contribution in [-0.2, 0) is 34.5 Å². The fourth-order valence-electron chi connectivity index (χ4n) is 4.17. The van der Waals surface area contributed by atoms with Crippen molar-refractivity contribution in [3.8, 4) is 0 Å². The van der Waals surface area contributed by atoms with Gasteiger partial charge in [-0.3, -0.25) is 9.80 Å². The number of hydrogen-bond donors (Lipinski definition) is 2. The fourth-order valence-corrected chi connectivity index (χ4v) is 5.10. The number of nitrogens with zero attached hydrogens (tertiary/aromatic N) is 4. The number of aromatic nitrogens is 2. The molecule has 0 aliphatic carbocycles. The smallest absolute Gasteiger partial charge is 0.475 e. The van der Waals surface area contributed by atoms with Crippen LogP contribution in [0, 0.1) is 12.3 Å². The maximum atomic E-state index is 10.6. The Morgan fingerprint density at radius 3 is 2.05 bits per heavy atom. The Hall–Kier alpha value is -2.69. The van der Waals surface area contributed by atoms with E-state index >= 15 is 0 Å². The number of aryl methyl sites for hydroxylation is 2. The number of carboxylic acid groups (broad SMARTS) is 2. The van der Waals surface area contributed by atoms with E-state index in [9.17, 15) is 26.3 Å². The normalized spacial score (nSPS) is 20.5. The Morgan fingerprint density at radius 2 is 1.59 bits per heavy atom. The topological polar surface area (TPSA) is 108 Å². The summed E-state index contributed by atoms with van der Waals surface area (Å²) in [6.45, 7) is 10.4. The van der Waals surface area contributed by atoms with E-state index in [0.29, 0.717) is 0 Å². The Bertz CT molecular complexity index is 1070. The third-order valence-electron chi connectivity index (χ3n) is 5.98. The molecule has 0 radical (unpaired) electrons. The van der Waals surface area contributed by atoms with Gasteiger partial charge in [-0.15, -0.1) is 11.3 Å². The zero-order valence-electron chi connectivity index (χ0n) is 21.3. The maximum Gasteiger partial charge on any atom is 0.490 e. The van der Waals surface area contributed by atoms with Gasteiger partial charge in [0.2, 0.25) is 0 Å². The highest BCUT2D eigenvalue weighted by molar-refractivity contribution is 7.11. The second-order valence-corrected chi connectivity index (χ2v) is 10.7. The second-order valence-electron chi connectivity index (χ2n) is 9.30. The lowest BCUT2D eigenvalue weighted by atomic mass is 9.87. The van der Waals surface area contributed by atoms with Crippen molar-refractivity contribution in [2.24, 2.45) is 12.5 Å². The van der Waals surface area contributed by atoms with Crippen LogP contribution in [0.2, 0.25) is 0 Å². The molecule has 0 aromatic carbocycles. The summed E-state index contributed by atoms with van der Waals surface area (Å²) < 4.78 is 71.6. The predicted molar refractivity (Wildman–Crippen MR) is 128 cm³/mol. The van der Waals surface area contributed by atoms with Gasteiger partial charge < -0.3 is 19.5 Å². The number of alkyl halides is 6. The fraction of sp³-hybridized carbons (Fsp3) is 0.609. The summed E-state index contributed by atoms with van der Waals surface area (Å²) in [5, 5.41) is 14.2. The van der Waals surface area contributed by atoms with Crippen LogP contribution in [0.25, 0.3) is 0 Å². The van der Waals surface area contributed by atoms with E-state index in [1.165, 1.54) is 16.2 Å². The first-order chi connectivity index (χ1) is 18.0. The Labute approximate surface area is 224 Å². The lowest BCUT2D eigenvalue weighted by Gasteiger charge is -2.31. The van der Waals surface area contributed by atoms with Crippen LogP contribution in [0.3, 0.4) is 0 Å². The minimum absolute atomic E-state index is 0.272. The molecule has 2 saturated heterocycles. The average Bonchev–Trinajstić information content (AvgIpc) is 3.48. The van der Waals surface area contributed by atoms with Gasteiger partial charge in [0, 0.05) is 60.8 Å². The molecule has 0 amide bonds. The van der Waals surface area contributed by atoms with Crippen molar-refractivity contribution in [1.29, 1.82) is 0 Å². The standard InChI is InChI=1S/C19H28N4OS.2C2HF3O2/c1-16-3-4-17(25-16)11-23-9-10-24-15-19(14-23)5-7-22(13-19)12-18-20-6-8-21(18)2;2*3-2(4,5)1(6)7/h3-4,6,8H,5,7,9-15H2,1-2H3;2*(H,6,7). The summed E-state index contributed by atoms with van der Waals surface area (Å²) in [4.78, 5) is 30.3. The van der Waals surface area contributed by atoms with E-state index in [2.05, 4.69) is 45.5 Å². The number of hydrogen-bond acceptors (Lipinski definition) is 7. The molecule has 220 valence electrons. The molecule has 1 atom stereocenters. The molecule has 1 unspecified atom stereocenters. The molecular formula is C23H30F6N4O5S. The molecular weight excluding hydrogens is 558 g/mol. The Morgan fingerprint density at radius 1 is 1.03 bits per heavy atom. The van der Waals surface area contributed by atoms with E-state index < -0.39 is 24.3 Å². The summed E-state index contributed by atoms with van der Waals surface area (Å²) >= 11 is 1.92. The minimum atomic E-state index is -5.08. The van der Waals surface area contributed by atoms with E-state index in [-0.39, 0.29) is 5.41 Å². The van der Waals surface area contributed by atoms with Crippen LogP contribution in [0.5, 0.6) is 0 Å². The van der Waals surface area contributed by atoms with Gasteiger partial charge in [-0.1, -0.05) is 0 Å². The van der Waals surface area contributed by atoms with Crippen LogP contribution in [0.15, 0.2) is 24.5 Å².